The average molecular weight is 326 g/mol. The Morgan fingerprint density at radius 2 is 2.25 bits per heavy atom. The number of H-pyrrole nitrogens is 1. The summed E-state index contributed by atoms with van der Waals surface area (Å²) in [5, 5.41) is 8.23. The highest BCUT2D eigenvalue weighted by molar-refractivity contribution is 5.83. The first kappa shape index (κ1) is 15.5. The van der Waals surface area contributed by atoms with Crippen LogP contribution in [0.4, 0.5) is 0 Å². The highest BCUT2D eigenvalue weighted by atomic mass is 16.5. The molecule has 3 unspecified atom stereocenters. The lowest BCUT2D eigenvalue weighted by Gasteiger charge is -2.22. The van der Waals surface area contributed by atoms with E-state index in [4.69, 9.17) is 9.73 Å². The van der Waals surface area contributed by atoms with Crippen molar-refractivity contribution in [2.24, 2.45) is 4.99 Å². The summed E-state index contributed by atoms with van der Waals surface area (Å²) in [5.74, 6) is 0.915. The van der Waals surface area contributed by atoms with E-state index < -0.39 is 0 Å². The molecule has 0 amide bonds. The molecular formula is C19H26N4O. The number of rotatable bonds is 5. The maximum Gasteiger partial charge on any atom is 0.191 e. The lowest BCUT2D eigenvalue weighted by atomic mass is 9.96. The van der Waals surface area contributed by atoms with Gasteiger partial charge in [0.25, 0.3) is 0 Å². The molecule has 0 spiro atoms. The second-order valence-corrected chi connectivity index (χ2v) is 6.73. The third-order valence-electron chi connectivity index (χ3n) is 5.10. The van der Waals surface area contributed by atoms with Crippen LogP contribution in [0.2, 0.25) is 0 Å². The van der Waals surface area contributed by atoms with Crippen LogP contribution in [0, 0.1) is 0 Å². The van der Waals surface area contributed by atoms with E-state index in [9.17, 15) is 0 Å². The van der Waals surface area contributed by atoms with Crippen molar-refractivity contribution in [1.82, 2.24) is 15.6 Å². The number of para-hydroxylation sites is 1. The molecule has 0 radical (unpaired) electrons. The van der Waals surface area contributed by atoms with Crippen LogP contribution in [0.15, 0.2) is 35.5 Å². The number of aromatic nitrogens is 1. The van der Waals surface area contributed by atoms with Gasteiger partial charge in [-0.3, -0.25) is 4.99 Å². The van der Waals surface area contributed by atoms with Crippen molar-refractivity contribution in [2.75, 3.05) is 13.1 Å². The quantitative estimate of drug-likeness (QED) is 0.585. The first-order chi connectivity index (χ1) is 11.8. The number of hydrogen-bond donors (Lipinski definition) is 3. The Hall–Kier alpha value is -2.01. The highest BCUT2D eigenvalue weighted by Crippen LogP contribution is 2.34. The zero-order valence-corrected chi connectivity index (χ0v) is 14.2. The molecule has 2 fully saturated rings. The van der Waals surface area contributed by atoms with Crippen molar-refractivity contribution in [3.63, 3.8) is 0 Å². The molecule has 2 bridgehead atoms. The molecule has 24 heavy (non-hydrogen) atoms. The van der Waals surface area contributed by atoms with Gasteiger partial charge in [0.15, 0.2) is 5.96 Å². The largest absolute Gasteiger partial charge is 0.373 e. The smallest absolute Gasteiger partial charge is 0.191 e. The zero-order valence-electron chi connectivity index (χ0n) is 14.2. The molecule has 2 aliphatic heterocycles. The SMILES string of the molecule is CCNC(=NCCc1c[nH]c2ccccc12)NC1CC2CCC1O2. The molecular weight excluding hydrogens is 300 g/mol. The number of benzene rings is 1. The van der Waals surface area contributed by atoms with Gasteiger partial charge in [-0.15, -0.1) is 0 Å². The van der Waals surface area contributed by atoms with Gasteiger partial charge >= 0.3 is 0 Å². The van der Waals surface area contributed by atoms with Crippen molar-refractivity contribution in [3.05, 3.63) is 36.0 Å². The average Bonchev–Trinajstić information content (AvgIpc) is 3.31. The van der Waals surface area contributed by atoms with Crippen LogP contribution in [0.3, 0.4) is 0 Å². The molecule has 1 aromatic heterocycles. The van der Waals surface area contributed by atoms with E-state index in [2.05, 4.69) is 53.0 Å². The van der Waals surface area contributed by atoms with Crippen molar-refractivity contribution in [1.29, 1.82) is 0 Å². The molecule has 3 atom stereocenters. The van der Waals surface area contributed by atoms with Crippen LogP contribution in [0.5, 0.6) is 0 Å². The minimum absolute atomic E-state index is 0.368. The van der Waals surface area contributed by atoms with Gasteiger partial charge in [-0.1, -0.05) is 18.2 Å². The summed E-state index contributed by atoms with van der Waals surface area (Å²) in [7, 11) is 0. The maximum absolute atomic E-state index is 5.93. The maximum atomic E-state index is 5.93. The number of guanidine groups is 1. The number of ether oxygens (including phenoxy) is 1. The van der Waals surface area contributed by atoms with E-state index >= 15 is 0 Å². The number of aromatic amines is 1. The number of nitrogens with one attached hydrogen (secondary N) is 3. The fourth-order valence-corrected chi connectivity index (χ4v) is 3.91. The summed E-state index contributed by atoms with van der Waals surface area (Å²) in [6.45, 7) is 3.76. The number of fused-ring (bicyclic) bond motifs is 3. The summed E-state index contributed by atoms with van der Waals surface area (Å²) in [6.07, 6.45) is 7.37. The van der Waals surface area contributed by atoms with Gasteiger partial charge in [0.1, 0.15) is 0 Å². The lowest BCUT2D eigenvalue weighted by molar-refractivity contribution is 0.0992. The Labute approximate surface area is 142 Å². The van der Waals surface area contributed by atoms with E-state index in [0.717, 1.165) is 31.9 Å². The number of nitrogens with zero attached hydrogens (tertiary/aromatic N) is 1. The van der Waals surface area contributed by atoms with E-state index in [1.807, 2.05) is 0 Å². The van der Waals surface area contributed by atoms with Crippen LogP contribution < -0.4 is 10.6 Å². The molecule has 0 saturated carbocycles. The van der Waals surface area contributed by atoms with Gasteiger partial charge in [0.2, 0.25) is 0 Å². The van der Waals surface area contributed by atoms with Crippen molar-refractivity contribution < 1.29 is 4.74 Å². The summed E-state index contributed by atoms with van der Waals surface area (Å²) >= 11 is 0. The molecule has 2 saturated heterocycles. The topological polar surface area (TPSA) is 61.4 Å². The second kappa shape index (κ2) is 6.85. The van der Waals surface area contributed by atoms with E-state index in [1.165, 1.54) is 29.3 Å². The monoisotopic (exact) mass is 326 g/mol. The summed E-state index contributed by atoms with van der Waals surface area (Å²) < 4.78 is 5.93. The third-order valence-corrected chi connectivity index (χ3v) is 5.10. The molecule has 0 aliphatic carbocycles. The second-order valence-electron chi connectivity index (χ2n) is 6.73. The molecule has 2 aromatic rings. The van der Waals surface area contributed by atoms with Crippen molar-refractivity contribution in [3.8, 4) is 0 Å². The van der Waals surface area contributed by atoms with Gasteiger partial charge in [0.05, 0.1) is 18.2 Å². The Balaban J connectivity index is 1.38. The minimum Gasteiger partial charge on any atom is -0.373 e. The first-order valence-corrected chi connectivity index (χ1v) is 9.09. The summed E-state index contributed by atoms with van der Waals surface area (Å²) in [6, 6.07) is 8.84. The molecule has 5 nitrogen and oxygen atoms in total. The molecule has 5 heteroatoms. The molecule has 128 valence electrons. The Morgan fingerprint density at radius 3 is 3.04 bits per heavy atom. The van der Waals surface area contributed by atoms with Crippen molar-refractivity contribution >= 4 is 16.9 Å². The van der Waals surface area contributed by atoms with Gasteiger partial charge in [-0.2, -0.15) is 0 Å². The van der Waals surface area contributed by atoms with Crippen LogP contribution >= 0.6 is 0 Å². The standard InChI is InChI=1S/C19H26N4O/c1-2-20-19(23-17-11-14-7-8-18(17)24-14)21-10-9-13-12-22-16-6-4-3-5-15(13)16/h3-6,12,14,17-18,22H,2,7-11H2,1H3,(H2,20,21,23). The van der Waals surface area contributed by atoms with Crippen LogP contribution in [-0.4, -0.2) is 42.3 Å². The van der Waals surface area contributed by atoms with Gasteiger partial charge in [-0.25, -0.2) is 0 Å². The first-order valence-electron chi connectivity index (χ1n) is 9.09. The highest BCUT2D eigenvalue weighted by Gasteiger charge is 2.41. The fraction of sp³-hybridized carbons (Fsp3) is 0.526. The summed E-state index contributed by atoms with van der Waals surface area (Å²) in [4.78, 5) is 8.10. The Morgan fingerprint density at radius 1 is 1.33 bits per heavy atom. The van der Waals surface area contributed by atoms with Crippen LogP contribution in [0.25, 0.3) is 10.9 Å². The molecule has 1 aromatic carbocycles. The molecule has 3 N–H and O–H groups in total. The van der Waals surface area contributed by atoms with Crippen LogP contribution in [0.1, 0.15) is 31.7 Å². The fourth-order valence-electron chi connectivity index (χ4n) is 3.91. The molecule has 3 heterocycles. The normalized spacial score (nSPS) is 26.2. The molecule has 4 rings (SSSR count). The van der Waals surface area contributed by atoms with Gasteiger partial charge in [0, 0.05) is 30.2 Å². The van der Waals surface area contributed by atoms with E-state index in [0.29, 0.717) is 18.2 Å². The Bertz CT molecular complexity index is 723. The van der Waals surface area contributed by atoms with Gasteiger partial charge in [-0.05, 0) is 44.2 Å². The zero-order chi connectivity index (χ0) is 16.4. The van der Waals surface area contributed by atoms with E-state index in [-0.39, 0.29) is 0 Å². The predicted octanol–water partition coefficient (Wildman–Crippen LogP) is 2.59. The van der Waals surface area contributed by atoms with Crippen LogP contribution in [-0.2, 0) is 11.2 Å². The third kappa shape index (κ3) is 3.13. The van der Waals surface area contributed by atoms with E-state index in [1.54, 1.807) is 0 Å². The molecule has 2 aliphatic rings. The van der Waals surface area contributed by atoms with Crippen molar-refractivity contribution in [2.45, 2.75) is 50.9 Å². The lowest BCUT2D eigenvalue weighted by Crippen LogP contribution is -2.47. The number of aliphatic imine (C=N–C) groups is 1. The number of hydrogen-bond acceptors (Lipinski definition) is 2. The minimum atomic E-state index is 0.368. The van der Waals surface area contributed by atoms with Gasteiger partial charge < -0.3 is 20.4 Å². The summed E-state index contributed by atoms with van der Waals surface area (Å²) in [5.41, 5.74) is 2.52. The Kier molecular flexibility index (Phi) is 4.43. The predicted molar refractivity (Wildman–Crippen MR) is 97.4 cm³/mol.